The number of nitrogens with zero attached hydrogens (tertiary/aromatic N) is 2. The van der Waals surface area contributed by atoms with Gasteiger partial charge >= 0.3 is 0 Å². The van der Waals surface area contributed by atoms with Crippen LogP contribution in [0.4, 0.5) is 5.82 Å². The van der Waals surface area contributed by atoms with Crippen molar-refractivity contribution in [2.75, 3.05) is 12.3 Å². The fourth-order valence-electron chi connectivity index (χ4n) is 1.36. The Balaban J connectivity index is 2.65. The van der Waals surface area contributed by atoms with E-state index in [9.17, 15) is 4.79 Å². The molecule has 0 aliphatic carbocycles. The Kier molecular flexibility index (Phi) is 4.39. The lowest BCUT2D eigenvalue weighted by atomic mass is 9.94. The Morgan fingerprint density at radius 1 is 1.35 bits per heavy atom. The van der Waals surface area contributed by atoms with E-state index in [4.69, 9.17) is 11.5 Å². The van der Waals surface area contributed by atoms with Crippen molar-refractivity contribution < 1.29 is 4.79 Å². The standard InChI is InChI=1S/C11H19N5O/c1-3-11(13,4-2)7-16-10(17)8-9(12)15-6-5-14-8/h5-6H,3-4,7,13H2,1-2H3,(H2,12,15)(H,16,17). The summed E-state index contributed by atoms with van der Waals surface area (Å²) in [7, 11) is 0. The van der Waals surface area contributed by atoms with Crippen LogP contribution in [0.25, 0.3) is 0 Å². The molecule has 94 valence electrons. The van der Waals surface area contributed by atoms with Gasteiger partial charge in [0.15, 0.2) is 11.5 Å². The predicted molar refractivity (Wildman–Crippen MR) is 66.3 cm³/mol. The van der Waals surface area contributed by atoms with Gasteiger partial charge in [0.1, 0.15) is 0 Å². The first-order valence-corrected chi connectivity index (χ1v) is 5.66. The van der Waals surface area contributed by atoms with E-state index in [1.54, 1.807) is 0 Å². The summed E-state index contributed by atoms with van der Waals surface area (Å²) in [5.41, 5.74) is 11.4. The highest BCUT2D eigenvalue weighted by molar-refractivity contribution is 5.96. The molecule has 1 aromatic heterocycles. The third kappa shape index (κ3) is 3.39. The molecule has 0 aliphatic rings. The average molecular weight is 237 g/mol. The first-order chi connectivity index (χ1) is 8.02. The molecule has 1 amide bonds. The van der Waals surface area contributed by atoms with Crippen LogP contribution in [-0.2, 0) is 0 Å². The van der Waals surface area contributed by atoms with Crippen LogP contribution in [0.15, 0.2) is 12.4 Å². The van der Waals surface area contributed by atoms with Gasteiger partial charge in [-0.3, -0.25) is 4.79 Å². The molecular weight excluding hydrogens is 218 g/mol. The molecule has 0 radical (unpaired) electrons. The Morgan fingerprint density at radius 2 is 1.94 bits per heavy atom. The van der Waals surface area contributed by atoms with Crippen molar-refractivity contribution in [1.29, 1.82) is 0 Å². The van der Waals surface area contributed by atoms with Crippen molar-refractivity contribution in [3.63, 3.8) is 0 Å². The molecule has 5 N–H and O–H groups in total. The summed E-state index contributed by atoms with van der Waals surface area (Å²) >= 11 is 0. The number of nitrogen functional groups attached to an aromatic ring is 1. The maximum absolute atomic E-state index is 11.8. The number of carbonyl (C=O) groups is 1. The summed E-state index contributed by atoms with van der Waals surface area (Å²) in [6.45, 7) is 4.38. The number of nitrogens with one attached hydrogen (secondary N) is 1. The summed E-state index contributed by atoms with van der Waals surface area (Å²) in [5, 5.41) is 2.74. The van der Waals surface area contributed by atoms with Crippen LogP contribution in [0, 0.1) is 0 Å². The molecule has 0 atom stereocenters. The molecule has 1 heterocycles. The molecule has 0 aliphatic heterocycles. The quantitative estimate of drug-likeness (QED) is 0.683. The van der Waals surface area contributed by atoms with Crippen molar-refractivity contribution >= 4 is 11.7 Å². The molecule has 1 aromatic rings. The molecule has 6 nitrogen and oxygen atoms in total. The van der Waals surface area contributed by atoms with Crippen molar-refractivity contribution in [1.82, 2.24) is 15.3 Å². The second-order valence-electron chi connectivity index (χ2n) is 4.04. The average Bonchev–Trinajstić information content (AvgIpc) is 2.36. The zero-order valence-corrected chi connectivity index (χ0v) is 10.2. The van der Waals surface area contributed by atoms with Gasteiger partial charge < -0.3 is 16.8 Å². The van der Waals surface area contributed by atoms with Gasteiger partial charge in [-0.25, -0.2) is 9.97 Å². The summed E-state index contributed by atoms with van der Waals surface area (Å²) < 4.78 is 0. The topological polar surface area (TPSA) is 107 Å². The van der Waals surface area contributed by atoms with Crippen LogP contribution in [0.1, 0.15) is 37.2 Å². The zero-order chi connectivity index (χ0) is 12.9. The molecule has 0 fully saturated rings. The Bertz CT molecular complexity index is 389. The van der Waals surface area contributed by atoms with Crippen LogP contribution in [0.2, 0.25) is 0 Å². The second kappa shape index (κ2) is 5.58. The first-order valence-electron chi connectivity index (χ1n) is 5.66. The minimum Gasteiger partial charge on any atom is -0.382 e. The predicted octanol–water partition coefficient (Wildman–Crippen LogP) is 0.306. The molecule has 1 rings (SSSR count). The monoisotopic (exact) mass is 237 g/mol. The molecule has 0 saturated carbocycles. The number of hydrogen-bond donors (Lipinski definition) is 3. The van der Waals surface area contributed by atoms with Crippen molar-refractivity contribution in [2.45, 2.75) is 32.2 Å². The van der Waals surface area contributed by atoms with E-state index in [1.165, 1.54) is 12.4 Å². The van der Waals surface area contributed by atoms with Gasteiger partial charge in [0, 0.05) is 24.5 Å². The first kappa shape index (κ1) is 13.4. The molecule has 0 unspecified atom stereocenters. The highest BCUT2D eigenvalue weighted by Crippen LogP contribution is 2.10. The van der Waals surface area contributed by atoms with Crippen LogP contribution in [0.3, 0.4) is 0 Å². The molecule has 17 heavy (non-hydrogen) atoms. The molecule has 6 heteroatoms. The van der Waals surface area contributed by atoms with E-state index >= 15 is 0 Å². The largest absolute Gasteiger partial charge is 0.382 e. The van der Waals surface area contributed by atoms with Crippen LogP contribution in [0.5, 0.6) is 0 Å². The fourth-order valence-corrected chi connectivity index (χ4v) is 1.36. The van der Waals surface area contributed by atoms with E-state index in [1.807, 2.05) is 13.8 Å². The normalized spacial score (nSPS) is 11.2. The highest BCUT2D eigenvalue weighted by Gasteiger charge is 2.22. The number of nitrogens with two attached hydrogens (primary N) is 2. The van der Waals surface area contributed by atoms with E-state index in [0.717, 1.165) is 12.8 Å². The molecule has 0 spiro atoms. The number of amides is 1. The van der Waals surface area contributed by atoms with Gasteiger partial charge in [0.2, 0.25) is 0 Å². The van der Waals surface area contributed by atoms with Gasteiger partial charge in [-0.2, -0.15) is 0 Å². The van der Waals surface area contributed by atoms with Crippen molar-refractivity contribution in [2.24, 2.45) is 5.73 Å². The minimum atomic E-state index is -0.382. The number of aromatic nitrogens is 2. The highest BCUT2D eigenvalue weighted by atomic mass is 16.1. The van der Waals surface area contributed by atoms with Gasteiger partial charge in [-0.1, -0.05) is 13.8 Å². The third-order valence-electron chi connectivity index (χ3n) is 2.95. The summed E-state index contributed by atoms with van der Waals surface area (Å²) in [4.78, 5) is 19.5. The molecular formula is C11H19N5O. The van der Waals surface area contributed by atoms with E-state index in [-0.39, 0.29) is 23.0 Å². The Hall–Kier alpha value is -1.69. The number of anilines is 1. The smallest absolute Gasteiger partial charge is 0.273 e. The number of rotatable bonds is 5. The lowest BCUT2D eigenvalue weighted by Gasteiger charge is -2.26. The maximum Gasteiger partial charge on any atom is 0.273 e. The van der Waals surface area contributed by atoms with Gasteiger partial charge in [0.25, 0.3) is 5.91 Å². The molecule has 0 aromatic carbocycles. The van der Waals surface area contributed by atoms with Gasteiger partial charge in [0.05, 0.1) is 0 Å². The van der Waals surface area contributed by atoms with E-state index in [0.29, 0.717) is 6.54 Å². The van der Waals surface area contributed by atoms with Crippen molar-refractivity contribution in [3.05, 3.63) is 18.1 Å². The lowest BCUT2D eigenvalue weighted by molar-refractivity contribution is 0.0938. The van der Waals surface area contributed by atoms with Crippen LogP contribution in [-0.4, -0.2) is 28.0 Å². The summed E-state index contributed by atoms with van der Waals surface area (Å²) in [6, 6.07) is 0. The Morgan fingerprint density at radius 3 is 2.47 bits per heavy atom. The minimum absolute atomic E-state index is 0.126. The molecule has 0 bridgehead atoms. The van der Waals surface area contributed by atoms with Crippen LogP contribution < -0.4 is 16.8 Å². The van der Waals surface area contributed by atoms with E-state index < -0.39 is 0 Å². The third-order valence-corrected chi connectivity index (χ3v) is 2.95. The second-order valence-corrected chi connectivity index (χ2v) is 4.04. The van der Waals surface area contributed by atoms with Crippen molar-refractivity contribution in [3.8, 4) is 0 Å². The summed E-state index contributed by atoms with van der Waals surface area (Å²) in [5.74, 6) is -0.215. The summed E-state index contributed by atoms with van der Waals surface area (Å²) in [6.07, 6.45) is 4.46. The maximum atomic E-state index is 11.8. The fraction of sp³-hybridized carbons (Fsp3) is 0.545. The van der Waals surface area contributed by atoms with E-state index in [2.05, 4.69) is 15.3 Å². The van der Waals surface area contributed by atoms with Gasteiger partial charge in [-0.15, -0.1) is 0 Å². The SMILES string of the molecule is CCC(N)(CC)CNC(=O)c1nccnc1N. The Labute approximate surface area is 101 Å². The zero-order valence-electron chi connectivity index (χ0n) is 10.2. The lowest BCUT2D eigenvalue weighted by Crippen LogP contribution is -2.49. The van der Waals surface area contributed by atoms with Gasteiger partial charge in [-0.05, 0) is 12.8 Å². The molecule has 0 saturated heterocycles. The van der Waals surface area contributed by atoms with Crippen LogP contribution >= 0.6 is 0 Å². The number of carbonyl (C=O) groups excluding carboxylic acids is 1. The number of hydrogen-bond acceptors (Lipinski definition) is 5.